The van der Waals surface area contributed by atoms with Gasteiger partial charge < -0.3 is 10.1 Å². The average Bonchev–Trinajstić information content (AvgIpc) is 2.87. The van der Waals surface area contributed by atoms with E-state index in [1.165, 1.54) is 11.3 Å². The van der Waals surface area contributed by atoms with E-state index in [0.717, 1.165) is 34.8 Å². The summed E-state index contributed by atoms with van der Waals surface area (Å²) >= 11 is 1.52. The van der Waals surface area contributed by atoms with Crippen molar-refractivity contribution >= 4 is 22.0 Å². The number of alkyl halides is 2. The van der Waals surface area contributed by atoms with Gasteiger partial charge in [0.05, 0.1) is 12.3 Å². The Balaban J connectivity index is 2.05. The van der Waals surface area contributed by atoms with Crippen molar-refractivity contribution in [3.63, 3.8) is 0 Å². The number of nitrogens with zero attached hydrogens (tertiary/aromatic N) is 1. The lowest BCUT2D eigenvalue weighted by Crippen LogP contribution is -2.09. The summed E-state index contributed by atoms with van der Waals surface area (Å²) < 4.78 is 29.2. The number of halogens is 2. The molecular weight excluding hydrogens is 270 g/mol. The molecule has 0 radical (unpaired) electrons. The molecular formula is C13H16F2N2OS. The van der Waals surface area contributed by atoms with Crippen molar-refractivity contribution in [1.29, 1.82) is 0 Å². The minimum Gasteiger partial charge on any atom is -0.371 e. The van der Waals surface area contributed by atoms with Crippen molar-refractivity contribution in [3.8, 4) is 0 Å². The number of thiazole rings is 1. The zero-order chi connectivity index (χ0) is 13.7. The van der Waals surface area contributed by atoms with Gasteiger partial charge in [-0.1, -0.05) is 12.2 Å². The highest BCUT2D eigenvalue weighted by molar-refractivity contribution is 7.13. The number of nitrogens with one attached hydrogen (secondary N) is 1. The third-order valence-electron chi connectivity index (χ3n) is 2.75. The highest BCUT2D eigenvalue weighted by atomic mass is 32.1. The minimum atomic E-state index is -2.42. The standard InChI is InChI=1S/C13H16F2N2OS/c1-16-13-17-11(8-19-13)10-5-3-2-4-9(10)6-18-7-12(14)15/h4-5,8,12H,2-3,6-7H2,1H3,(H,16,17). The lowest BCUT2D eigenvalue weighted by Gasteiger charge is -2.15. The molecule has 0 aliphatic heterocycles. The molecule has 0 fully saturated rings. The van der Waals surface area contributed by atoms with Crippen LogP contribution in [0.2, 0.25) is 0 Å². The van der Waals surface area contributed by atoms with Gasteiger partial charge in [-0.05, 0) is 18.4 Å². The molecule has 0 aromatic carbocycles. The van der Waals surface area contributed by atoms with Gasteiger partial charge >= 0.3 is 0 Å². The number of anilines is 1. The molecule has 0 atom stereocenters. The molecule has 0 amide bonds. The maximum absolute atomic E-state index is 12.1. The summed E-state index contributed by atoms with van der Waals surface area (Å²) in [6.07, 6.45) is 3.57. The van der Waals surface area contributed by atoms with Gasteiger partial charge in [0.15, 0.2) is 5.13 Å². The quantitative estimate of drug-likeness (QED) is 0.868. The second kappa shape index (κ2) is 6.77. The largest absolute Gasteiger partial charge is 0.371 e. The maximum Gasteiger partial charge on any atom is 0.261 e. The van der Waals surface area contributed by atoms with Crippen molar-refractivity contribution in [2.24, 2.45) is 0 Å². The molecule has 104 valence electrons. The summed E-state index contributed by atoms with van der Waals surface area (Å²) in [6, 6.07) is 0. The third-order valence-corrected chi connectivity index (χ3v) is 3.61. The van der Waals surface area contributed by atoms with E-state index < -0.39 is 13.0 Å². The molecule has 0 saturated heterocycles. The molecule has 1 aromatic rings. The lowest BCUT2D eigenvalue weighted by molar-refractivity contribution is 0.0271. The molecule has 1 aliphatic rings. The molecule has 19 heavy (non-hydrogen) atoms. The number of ether oxygens (including phenoxy) is 1. The second-order valence-corrected chi connectivity index (χ2v) is 4.98. The number of aromatic nitrogens is 1. The molecule has 6 heteroatoms. The van der Waals surface area contributed by atoms with Gasteiger partial charge in [-0.3, -0.25) is 0 Å². The van der Waals surface area contributed by atoms with E-state index in [2.05, 4.69) is 16.4 Å². The minimum absolute atomic E-state index is 0.211. The smallest absolute Gasteiger partial charge is 0.261 e. The first-order valence-corrected chi connectivity index (χ1v) is 6.97. The van der Waals surface area contributed by atoms with Crippen LogP contribution in [-0.2, 0) is 4.74 Å². The molecule has 2 rings (SSSR count). The Morgan fingerprint density at radius 3 is 2.89 bits per heavy atom. The van der Waals surface area contributed by atoms with Crippen LogP contribution in [0.5, 0.6) is 0 Å². The van der Waals surface area contributed by atoms with E-state index in [9.17, 15) is 8.78 Å². The molecule has 0 unspecified atom stereocenters. The summed E-state index contributed by atoms with van der Waals surface area (Å²) in [6.45, 7) is -0.313. The molecule has 1 aliphatic carbocycles. The molecule has 0 spiro atoms. The van der Waals surface area contributed by atoms with E-state index in [1.54, 1.807) is 0 Å². The van der Waals surface area contributed by atoms with Crippen molar-refractivity contribution in [2.75, 3.05) is 25.6 Å². The Labute approximate surface area is 115 Å². The Hall–Kier alpha value is -1.27. The first kappa shape index (κ1) is 14.1. The molecule has 1 heterocycles. The van der Waals surface area contributed by atoms with Crippen LogP contribution in [0.3, 0.4) is 0 Å². The monoisotopic (exact) mass is 286 g/mol. The van der Waals surface area contributed by atoms with Crippen LogP contribution in [-0.4, -0.2) is 31.7 Å². The fraction of sp³-hybridized carbons (Fsp3) is 0.462. The van der Waals surface area contributed by atoms with E-state index in [4.69, 9.17) is 4.74 Å². The Bertz CT molecular complexity index is 483. The predicted octanol–water partition coefficient (Wildman–Crippen LogP) is 3.57. The summed E-state index contributed by atoms with van der Waals surface area (Å²) in [5.41, 5.74) is 2.82. The van der Waals surface area contributed by atoms with Crippen LogP contribution in [0, 0.1) is 0 Å². The number of hydrogen-bond acceptors (Lipinski definition) is 4. The van der Waals surface area contributed by atoms with Gasteiger partial charge in [-0.25, -0.2) is 13.8 Å². The van der Waals surface area contributed by atoms with Crippen LogP contribution in [0.4, 0.5) is 13.9 Å². The Morgan fingerprint density at radius 2 is 2.21 bits per heavy atom. The van der Waals surface area contributed by atoms with Crippen molar-refractivity contribution in [2.45, 2.75) is 19.3 Å². The predicted molar refractivity (Wildman–Crippen MR) is 73.8 cm³/mol. The summed E-state index contributed by atoms with van der Waals surface area (Å²) in [4.78, 5) is 4.44. The van der Waals surface area contributed by atoms with Gasteiger partial charge in [-0.2, -0.15) is 0 Å². The molecule has 1 N–H and O–H groups in total. The third kappa shape index (κ3) is 3.84. The number of allylic oxidation sites excluding steroid dienone is 2. The highest BCUT2D eigenvalue weighted by Crippen LogP contribution is 2.30. The lowest BCUT2D eigenvalue weighted by atomic mass is 9.96. The van der Waals surface area contributed by atoms with E-state index in [-0.39, 0.29) is 6.61 Å². The van der Waals surface area contributed by atoms with Crippen molar-refractivity contribution in [1.82, 2.24) is 4.98 Å². The molecule has 0 saturated carbocycles. The Morgan fingerprint density at radius 1 is 1.42 bits per heavy atom. The summed E-state index contributed by atoms with van der Waals surface area (Å²) in [5, 5.41) is 5.79. The fourth-order valence-electron chi connectivity index (χ4n) is 1.90. The zero-order valence-electron chi connectivity index (χ0n) is 10.7. The van der Waals surface area contributed by atoms with Crippen LogP contribution in [0.1, 0.15) is 18.5 Å². The SMILES string of the molecule is CNc1nc(C2=CCCC=C2COCC(F)F)cs1. The fourth-order valence-corrected chi connectivity index (χ4v) is 2.57. The Kier molecular flexibility index (Phi) is 5.04. The van der Waals surface area contributed by atoms with Gasteiger partial charge in [0.25, 0.3) is 6.43 Å². The van der Waals surface area contributed by atoms with Gasteiger partial charge in [0, 0.05) is 18.0 Å². The summed E-state index contributed by atoms with van der Waals surface area (Å²) in [5.74, 6) is 0. The van der Waals surface area contributed by atoms with Crippen LogP contribution < -0.4 is 5.32 Å². The second-order valence-electron chi connectivity index (χ2n) is 4.12. The topological polar surface area (TPSA) is 34.2 Å². The van der Waals surface area contributed by atoms with Gasteiger partial charge in [0.1, 0.15) is 6.61 Å². The maximum atomic E-state index is 12.1. The van der Waals surface area contributed by atoms with Crippen LogP contribution in [0.25, 0.3) is 5.57 Å². The molecule has 0 bridgehead atoms. The number of hydrogen-bond donors (Lipinski definition) is 1. The van der Waals surface area contributed by atoms with Crippen molar-refractivity contribution in [3.05, 3.63) is 28.8 Å². The zero-order valence-corrected chi connectivity index (χ0v) is 11.5. The van der Waals surface area contributed by atoms with E-state index >= 15 is 0 Å². The average molecular weight is 286 g/mol. The first-order valence-electron chi connectivity index (χ1n) is 6.10. The van der Waals surface area contributed by atoms with Crippen molar-refractivity contribution < 1.29 is 13.5 Å². The van der Waals surface area contributed by atoms with E-state index in [1.807, 2.05) is 18.5 Å². The molecule has 1 aromatic heterocycles. The normalized spacial score (nSPS) is 15.4. The van der Waals surface area contributed by atoms with E-state index in [0.29, 0.717) is 0 Å². The molecule has 3 nitrogen and oxygen atoms in total. The number of rotatable bonds is 6. The van der Waals surface area contributed by atoms with Gasteiger partial charge in [-0.15, -0.1) is 11.3 Å². The van der Waals surface area contributed by atoms with Crippen LogP contribution >= 0.6 is 11.3 Å². The van der Waals surface area contributed by atoms with Crippen LogP contribution in [0.15, 0.2) is 23.1 Å². The summed E-state index contributed by atoms with van der Waals surface area (Å²) in [7, 11) is 1.82. The van der Waals surface area contributed by atoms with Gasteiger partial charge in [0.2, 0.25) is 0 Å². The first-order chi connectivity index (χ1) is 9.20. The highest BCUT2D eigenvalue weighted by Gasteiger charge is 2.15.